The van der Waals surface area contributed by atoms with E-state index < -0.39 is 0 Å². The van der Waals surface area contributed by atoms with Crippen LogP contribution >= 0.6 is 0 Å². The Morgan fingerprint density at radius 2 is 2.13 bits per heavy atom. The smallest absolute Gasteiger partial charge is 0.232 e. The van der Waals surface area contributed by atoms with Crippen LogP contribution in [0.15, 0.2) is 12.1 Å². The molecule has 0 amide bonds. The van der Waals surface area contributed by atoms with Crippen LogP contribution in [-0.4, -0.2) is 19.2 Å². The van der Waals surface area contributed by atoms with Gasteiger partial charge in [-0.3, -0.25) is 0 Å². The fourth-order valence-electron chi connectivity index (χ4n) is 0.967. The van der Waals surface area contributed by atoms with Crippen LogP contribution in [0.4, 0.5) is 0 Å². The minimum Gasteiger partial charge on any atom is -0.481 e. The van der Waals surface area contributed by atoms with Crippen molar-refractivity contribution in [2.45, 2.75) is 6.42 Å². The standard InChI is InChI=1S/C11H10N2O2/c1-14-10-7-6-9(5-3-4-8-12)11(13-10)15-2/h6-7H,4H2,1-2H3. The summed E-state index contributed by atoms with van der Waals surface area (Å²) >= 11 is 0. The highest BCUT2D eigenvalue weighted by Crippen LogP contribution is 2.18. The van der Waals surface area contributed by atoms with Gasteiger partial charge in [-0.25, -0.2) is 0 Å². The van der Waals surface area contributed by atoms with E-state index in [9.17, 15) is 0 Å². The third kappa shape index (κ3) is 2.89. The zero-order chi connectivity index (χ0) is 11.1. The highest BCUT2D eigenvalue weighted by atomic mass is 16.5. The number of pyridine rings is 1. The van der Waals surface area contributed by atoms with E-state index in [-0.39, 0.29) is 6.42 Å². The molecule has 0 saturated heterocycles. The SMILES string of the molecule is COc1ccc(C#CCC#N)c(OC)n1. The van der Waals surface area contributed by atoms with Crippen LogP contribution in [0.3, 0.4) is 0 Å². The first-order valence-corrected chi connectivity index (χ1v) is 4.26. The first-order chi connectivity index (χ1) is 7.31. The Balaban J connectivity index is 3.00. The second-order valence-corrected chi connectivity index (χ2v) is 2.55. The van der Waals surface area contributed by atoms with Gasteiger partial charge in [-0.2, -0.15) is 10.2 Å². The average Bonchev–Trinajstić information content (AvgIpc) is 2.29. The van der Waals surface area contributed by atoms with Gasteiger partial charge in [0, 0.05) is 6.07 Å². The third-order valence-electron chi connectivity index (χ3n) is 1.63. The molecular weight excluding hydrogens is 192 g/mol. The lowest BCUT2D eigenvalue weighted by Crippen LogP contribution is -1.94. The van der Waals surface area contributed by atoms with Crippen molar-refractivity contribution < 1.29 is 9.47 Å². The maximum absolute atomic E-state index is 8.33. The number of hydrogen-bond acceptors (Lipinski definition) is 4. The van der Waals surface area contributed by atoms with E-state index in [0.717, 1.165) is 0 Å². The highest BCUT2D eigenvalue weighted by Gasteiger charge is 2.03. The number of hydrogen-bond donors (Lipinski definition) is 0. The quantitative estimate of drug-likeness (QED) is 0.679. The zero-order valence-electron chi connectivity index (χ0n) is 8.57. The molecule has 4 heteroatoms. The van der Waals surface area contributed by atoms with E-state index >= 15 is 0 Å². The molecule has 0 atom stereocenters. The second-order valence-electron chi connectivity index (χ2n) is 2.55. The van der Waals surface area contributed by atoms with Gasteiger partial charge in [-0.05, 0) is 6.07 Å². The van der Waals surface area contributed by atoms with Crippen molar-refractivity contribution in [3.05, 3.63) is 17.7 Å². The van der Waals surface area contributed by atoms with Crippen molar-refractivity contribution in [2.75, 3.05) is 14.2 Å². The Kier molecular flexibility index (Phi) is 4.00. The van der Waals surface area contributed by atoms with Crippen LogP contribution < -0.4 is 9.47 Å². The lowest BCUT2D eigenvalue weighted by atomic mass is 10.2. The van der Waals surface area contributed by atoms with Crippen LogP contribution in [0.2, 0.25) is 0 Å². The van der Waals surface area contributed by atoms with Crippen molar-refractivity contribution in [1.82, 2.24) is 4.98 Å². The molecule has 15 heavy (non-hydrogen) atoms. The molecule has 0 bridgehead atoms. The molecule has 0 unspecified atom stereocenters. The molecule has 0 N–H and O–H groups in total. The first-order valence-electron chi connectivity index (χ1n) is 4.26. The summed E-state index contributed by atoms with van der Waals surface area (Å²) in [5.41, 5.74) is 0.647. The van der Waals surface area contributed by atoms with Gasteiger partial charge >= 0.3 is 0 Å². The average molecular weight is 202 g/mol. The third-order valence-corrected chi connectivity index (χ3v) is 1.63. The minimum absolute atomic E-state index is 0.190. The fraction of sp³-hybridized carbons (Fsp3) is 0.273. The number of aromatic nitrogens is 1. The Morgan fingerprint density at radius 3 is 2.73 bits per heavy atom. The molecule has 0 aliphatic rings. The van der Waals surface area contributed by atoms with E-state index in [1.165, 1.54) is 14.2 Å². The predicted molar refractivity (Wildman–Crippen MR) is 54.4 cm³/mol. The molecule has 0 fully saturated rings. The lowest BCUT2D eigenvalue weighted by Gasteiger charge is -2.03. The summed E-state index contributed by atoms with van der Waals surface area (Å²) in [4.78, 5) is 4.06. The van der Waals surface area contributed by atoms with Gasteiger partial charge in [-0.15, -0.1) is 0 Å². The summed E-state index contributed by atoms with van der Waals surface area (Å²) in [6, 6.07) is 5.38. The molecular formula is C11H10N2O2. The summed E-state index contributed by atoms with van der Waals surface area (Å²) in [6.45, 7) is 0. The Hall–Kier alpha value is -2.20. The summed E-state index contributed by atoms with van der Waals surface area (Å²) in [7, 11) is 3.04. The van der Waals surface area contributed by atoms with Gasteiger partial charge in [0.1, 0.15) is 0 Å². The molecule has 0 spiro atoms. The largest absolute Gasteiger partial charge is 0.481 e. The summed E-state index contributed by atoms with van der Waals surface area (Å²) in [5.74, 6) is 6.37. The van der Waals surface area contributed by atoms with Gasteiger partial charge in [-0.1, -0.05) is 11.8 Å². The molecule has 1 aromatic rings. The predicted octanol–water partition coefficient (Wildman–Crippen LogP) is 1.36. The van der Waals surface area contributed by atoms with Crippen LogP contribution in [0, 0.1) is 23.2 Å². The van der Waals surface area contributed by atoms with E-state index in [1.54, 1.807) is 12.1 Å². The number of nitrogens with zero attached hydrogens (tertiary/aromatic N) is 2. The monoisotopic (exact) mass is 202 g/mol. The topological polar surface area (TPSA) is 55.1 Å². The first kappa shape index (κ1) is 10.9. The maximum atomic E-state index is 8.33. The second kappa shape index (κ2) is 5.51. The molecule has 0 aliphatic carbocycles. The Bertz CT molecular complexity index is 438. The van der Waals surface area contributed by atoms with Crippen molar-refractivity contribution in [2.24, 2.45) is 0 Å². The van der Waals surface area contributed by atoms with Crippen molar-refractivity contribution in [1.29, 1.82) is 5.26 Å². The van der Waals surface area contributed by atoms with Crippen LogP contribution in [0.5, 0.6) is 11.8 Å². The lowest BCUT2D eigenvalue weighted by molar-refractivity contribution is 0.364. The van der Waals surface area contributed by atoms with Crippen molar-refractivity contribution in [3.8, 4) is 29.7 Å². The molecule has 1 rings (SSSR count). The highest BCUT2D eigenvalue weighted by molar-refractivity contribution is 5.43. The summed E-state index contributed by atoms with van der Waals surface area (Å²) in [5, 5.41) is 8.33. The summed E-state index contributed by atoms with van der Waals surface area (Å²) < 4.78 is 9.99. The van der Waals surface area contributed by atoms with Crippen molar-refractivity contribution in [3.63, 3.8) is 0 Å². The fourth-order valence-corrected chi connectivity index (χ4v) is 0.967. The summed E-state index contributed by atoms with van der Waals surface area (Å²) in [6.07, 6.45) is 0.190. The molecule has 0 radical (unpaired) electrons. The Morgan fingerprint density at radius 1 is 1.33 bits per heavy atom. The molecule has 0 aliphatic heterocycles. The van der Waals surface area contributed by atoms with Crippen LogP contribution in [-0.2, 0) is 0 Å². The normalized spacial score (nSPS) is 8.33. The van der Waals surface area contributed by atoms with Gasteiger partial charge in [0.25, 0.3) is 0 Å². The van der Waals surface area contributed by atoms with Crippen molar-refractivity contribution >= 4 is 0 Å². The van der Waals surface area contributed by atoms with E-state index in [0.29, 0.717) is 17.3 Å². The number of ether oxygens (including phenoxy) is 2. The minimum atomic E-state index is 0.190. The number of rotatable bonds is 2. The molecule has 1 heterocycles. The van der Waals surface area contributed by atoms with E-state index in [2.05, 4.69) is 16.8 Å². The van der Waals surface area contributed by atoms with Gasteiger partial charge in [0.15, 0.2) is 0 Å². The Labute approximate surface area is 88.5 Å². The molecule has 0 saturated carbocycles. The van der Waals surface area contributed by atoms with Gasteiger partial charge < -0.3 is 9.47 Å². The molecule has 4 nitrogen and oxygen atoms in total. The zero-order valence-corrected chi connectivity index (χ0v) is 8.57. The molecule has 76 valence electrons. The number of nitriles is 1. The van der Waals surface area contributed by atoms with Gasteiger partial charge in [0.2, 0.25) is 11.8 Å². The molecule has 0 aromatic carbocycles. The van der Waals surface area contributed by atoms with Gasteiger partial charge in [0.05, 0.1) is 32.3 Å². The maximum Gasteiger partial charge on any atom is 0.232 e. The van der Waals surface area contributed by atoms with Crippen LogP contribution in [0.25, 0.3) is 0 Å². The number of methoxy groups -OCH3 is 2. The van der Waals surface area contributed by atoms with E-state index in [4.69, 9.17) is 14.7 Å². The molecule has 1 aromatic heterocycles. The van der Waals surface area contributed by atoms with Crippen LogP contribution in [0.1, 0.15) is 12.0 Å². The van der Waals surface area contributed by atoms with E-state index in [1.807, 2.05) is 6.07 Å².